The molecule has 0 aromatic heterocycles. The van der Waals surface area contributed by atoms with Crippen LogP contribution in [-0.4, -0.2) is 16.7 Å². The lowest BCUT2D eigenvalue weighted by Crippen LogP contribution is -2.23. The number of nitro groups is 1. The summed E-state index contributed by atoms with van der Waals surface area (Å²) >= 11 is 0. The second-order valence-corrected chi connectivity index (χ2v) is 4.85. The van der Waals surface area contributed by atoms with Crippen LogP contribution in [0.3, 0.4) is 0 Å². The van der Waals surface area contributed by atoms with Crippen molar-refractivity contribution in [1.82, 2.24) is 5.32 Å². The Bertz CT molecular complexity index is 788. The Morgan fingerprint density at radius 3 is 2.50 bits per heavy atom. The van der Waals surface area contributed by atoms with E-state index in [4.69, 9.17) is 0 Å². The van der Waals surface area contributed by atoms with Crippen molar-refractivity contribution in [2.45, 2.75) is 6.54 Å². The monoisotopic (exact) mass is 325 g/mol. The topological polar surface area (TPSA) is 101 Å². The number of benzene rings is 2. The molecule has 7 nitrogen and oxygen atoms in total. The lowest BCUT2D eigenvalue weighted by Gasteiger charge is -2.08. The summed E-state index contributed by atoms with van der Waals surface area (Å²) in [5.74, 6) is -1.06. The summed E-state index contributed by atoms with van der Waals surface area (Å²) in [5.41, 5.74) is 0.629. The number of carbonyl (C=O) groups is 2. The van der Waals surface area contributed by atoms with Gasteiger partial charge in [-0.2, -0.15) is 0 Å². The molecular formula is C17H15N3O4. The van der Waals surface area contributed by atoms with Gasteiger partial charge in [0.2, 0.25) is 5.91 Å². The molecule has 0 fully saturated rings. The highest BCUT2D eigenvalue weighted by atomic mass is 16.6. The van der Waals surface area contributed by atoms with Crippen LogP contribution in [0.15, 0.2) is 61.2 Å². The van der Waals surface area contributed by atoms with Crippen LogP contribution in [0.4, 0.5) is 11.4 Å². The van der Waals surface area contributed by atoms with Crippen molar-refractivity contribution in [2.24, 2.45) is 0 Å². The normalized spacial score (nSPS) is 9.83. The minimum Gasteiger partial charge on any atom is -0.348 e. The van der Waals surface area contributed by atoms with Crippen molar-refractivity contribution in [1.29, 1.82) is 0 Å². The highest BCUT2D eigenvalue weighted by molar-refractivity contribution is 6.01. The van der Waals surface area contributed by atoms with Gasteiger partial charge in [-0.15, -0.1) is 0 Å². The molecule has 0 spiro atoms. The third-order valence-electron chi connectivity index (χ3n) is 3.19. The summed E-state index contributed by atoms with van der Waals surface area (Å²) in [7, 11) is 0. The minimum atomic E-state index is -0.666. The molecule has 0 aliphatic rings. The average molecular weight is 325 g/mol. The van der Waals surface area contributed by atoms with Crippen LogP contribution >= 0.6 is 0 Å². The number of nitro benzene ring substituents is 1. The van der Waals surface area contributed by atoms with E-state index in [0.29, 0.717) is 0 Å². The van der Waals surface area contributed by atoms with Crippen molar-refractivity contribution in [2.75, 3.05) is 5.32 Å². The Balaban J connectivity index is 2.18. The van der Waals surface area contributed by atoms with Gasteiger partial charge in [-0.3, -0.25) is 19.7 Å². The maximum atomic E-state index is 12.2. The van der Waals surface area contributed by atoms with Crippen LogP contribution in [0.1, 0.15) is 15.9 Å². The predicted octanol–water partition coefficient (Wildman–Crippen LogP) is 2.65. The average Bonchev–Trinajstić information content (AvgIpc) is 2.60. The molecule has 2 rings (SSSR count). The van der Waals surface area contributed by atoms with Crippen molar-refractivity contribution in [3.05, 3.63) is 82.4 Å². The van der Waals surface area contributed by atoms with Gasteiger partial charge in [-0.05, 0) is 23.8 Å². The Morgan fingerprint density at radius 1 is 1.17 bits per heavy atom. The van der Waals surface area contributed by atoms with Crippen LogP contribution in [0.25, 0.3) is 0 Å². The third-order valence-corrected chi connectivity index (χ3v) is 3.19. The van der Waals surface area contributed by atoms with E-state index < -0.39 is 16.7 Å². The van der Waals surface area contributed by atoms with Crippen molar-refractivity contribution in [3.63, 3.8) is 0 Å². The SMILES string of the molecule is C=CC(=O)Nc1ccc(C(=O)NCc2ccccc2)c([N+](=O)[O-])c1. The fraction of sp³-hybridized carbons (Fsp3) is 0.0588. The fourth-order valence-electron chi connectivity index (χ4n) is 2.02. The van der Waals surface area contributed by atoms with Crippen LogP contribution < -0.4 is 10.6 Å². The zero-order valence-corrected chi connectivity index (χ0v) is 12.7. The van der Waals surface area contributed by atoms with E-state index in [1.165, 1.54) is 12.1 Å². The van der Waals surface area contributed by atoms with Gasteiger partial charge in [0.15, 0.2) is 0 Å². The molecule has 0 bridgehead atoms. The van der Waals surface area contributed by atoms with E-state index in [1.807, 2.05) is 30.3 Å². The van der Waals surface area contributed by atoms with E-state index in [-0.39, 0.29) is 23.5 Å². The standard InChI is InChI=1S/C17H15N3O4/c1-2-16(21)19-13-8-9-14(15(10-13)20(23)24)17(22)18-11-12-6-4-3-5-7-12/h2-10H,1,11H2,(H,18,22)(H,19,21). The van der Waals surface area contributed by atoms with Crippen LogP contribution in [0, 0.1) is 10.1 Å². The molecule has 0 unspecified atom stereocenters. The smallest absolute Gasteiger partial charge is 0.284 e. The lowest BCUT2D eigenvalue weighted by atomic mass is 10.1. The molecule has 0 aliphatic heterocycles. The van der Waals surface area contributed by atoms with Crippen molar-refractivity contribution < 1.29 is 14.5 Å². The zero-order valence-electron chi connectivity index (χ0n) is 12.7. The molecule has 0 radical (unpaired) electrons. The molecule has 2 aromatic carbocycles. The van der Waals surface area contributed by atoms with Gasteiger partial charge in [0.1, 0.15) is 5.56 Å². The first-order chi connectivity index (χ1) is 11.5. The maximum absolute atomic E-state index is 12.2. The van der Waals surface area contributed by atoms with E-state index in [2.05, 4.69) is 17.2 Å². The highest BCUT2D eigenvalue weighted by Gasteiger charge is 2.21. The number of anilines is 1. The van der Waals surface area contributed by atoms with Gasteiger partial charge in [0, 0.05) is 18.3 Å². The number of nitrogens with zero attached hydrogens (tertiary/aromatic N) is 1. The van der Waals surface area contributed by atoms with E-state index in [0.717, 1.165) is 17.7 Å². The minimum absolute atomic E-state index is 0.0764. The summed E-state index contributed by atoms with van der Waals surface area (Å²) in [4.78, 5) is 34.0. The lowest BCUT2D eigenvalue weighted by molar-refractivity contribution is -0.385. The quantitative estimate of drug-likeness (QED) is 0.484. The van der Waals surface area contributed by atoms with Gasteiger partial charge < -0.3 is 10.6 Å². The molecule has 2 aromatic rings. The summed E-state index contributed by atoms with van der Waals surface area (Å²) in [6.45, 7) is 3.56. The molecule has 2 amide bonds. The first-order valence-electron chi connectivity index (χ1n) is 7.05. The Hall–Kier alpha value is -3.48. The van der Waals surface area contributed by atoms with Crippen LogP contribution in [0.2, 0.25) is 0 Å². The van der Waals surface area contributed by atoms with E-state index in [1.54, 1.807) is 0 Å². The molecule has 0 atom stereocenters. The van der Waals surface area contributed by atoms with E-state index in [9.17, 15) is 19.7 Å². The van der Waals surface area contributed by atoms with Crippen LogP contribution in [0.5, 0.6) is 0 Å². The summed E-state index contributed by atoms with van der Waals surface area (Å²) in [5, 5.41) is 16.3. The fourth-order valence-corrected chi connectivity index (χ4v) is 2.02. The highest BCUT2D eigenvalue weighted by Crippen LogP contribution is 2.23. The Kier molecular flexibility index (Phi) is 5.40. The molecule has 7 heteroatoms. The molecule has 0 aliphatic carbocycles. The number of carbonyl (C=O) groups excluding carboxylic acids is 2. The number of hydrogen-bond acceptors (Lipinski definition) is 4. The summed E-state index contributed by atoms with van der Waals surface area (Å²) < 4.78 is 0. The van der Waals surface area contributed by atoms with Gasteiger partial charge in [-0.25, -0.2) is 0 Å². The molecule has 122 valence electrons. The molecule has 0 heterocycles. The largest absolute Gasteiger partial charge is 0.348 e. The van der Waals surface area contributed by atoms with Crippen molar-refractivity contribution in [3.8, 4) is 0 Å². The van der Waals surface area contributed by atoms with Crippen LogP contribution in [-0.2, 0) is 11.3 Å². The molecule has 0 saturated carbocycles. The molecule has 24 heavy (non-hydrogen) atoms. The van der Waals surface area contributed by atoms with Crippen molar-refractivity contribution >= 4 is 23.2 Å². The molecule has 0 saturated heterocycles. The first-order valence-corrected chi connectivity index (χ1v) is 7.05. The third kappa shape index (κ3) is 4.26. The zero-order chi connectivity index (χ0) is 17.5. The van der Waals surface area contributed by atoms with Gasteiger partial charge >= 0.3 is 0 Å². The Morgan fingerprint density at radius 2 is 1.88 bits per heavy atom. The molecular weight excluding hydrogens is 310 g/mol. The Labute approximate surface area is 138 Å². The second kappa shape index (κ2) is 7.68. The first kappa shape index (κ1) is 16.9. The van der Waals surface area contributed by atoms with Gasteiger partial charge in [0.25, 0.3) is 11.6 Å². The number of nitrogens with one attached hydrogen (secondary N) is 2. The van der Waals surface area contributed by atoms with Gasteiger partial charge in [0.05, 0.1) is 4.92 Å². The number of rotatable bonds is 6. The van der Waals surface area contributed by atoms with E-state index >= 15 is 0 Å². The van der Waals surface area contributed by atoms with Gasteiger partial charge in [-0.1, -0.05) is 36.9 Å². The predicted molar refractivity (Wildman–Crippen MR) is 89.5 cm³/mol. The number of amides is 2. The maximum Gasteiger partial charge on any atom is 0.284 e. The summed E-state index contributed by atoms with van der Waals surface area (Å²) in [6.07, 6.45) is 1.05. The number of hydrogen-bond donors (Lipinski definition) is 2. The summed E-state index contributed by atoms with van der Waals surface area (Å²) in [6, 6.07) is 13.1. The second-order valence-electron chi connectivity index (χ2n) is 4.85. The molecule has 2 N–H and O–H groups in total.